The summed E-state index contributed by atoms with van der Waals surface area (Å²) in [5.74, 6) is 1.81. The maximum Gasteiger partial charge on any atom is 0.227 e. The van der Waals surface area contributed by atoms with Crippen LogP contribution < -0.4 is 14.7 Å². The molecule has 0 N–H and O–H groups in total. The van der Waals surface area contributed by atoms with E-state index in [1.165, 1.54) is 5.69 Å². The average Bonchev–Trinajstić information content (AvgIpc) is 2.69. The van der Waals surface area contributed by atoms with E-state index in [-0.39, 0.29) is 0 Å². The molecule has 2 saturated heterocycles. The predicted octanol–water partition coefficient (Wildman–Crippen LogP) is 2.29. The van der Waals surface area contributed by atoms with Crippen LogP contribution in [-0.4, -0.2) is 62.5 Å². The fraction of sp³-hybridized carbons (Fsp3) is 0.444. The summed E-state index contributed by atoms with van der Waals surface area (Å²) in [6.07, 6.45) is 1.86. The third kappa shape index (κ3) is 3.80. The number of rotatable bonds is 3. The van der Waals surface area contributed by atoms with E-state index in [1.54, 1.807) is 0 Å². The largest absolute Gasteiger partial charge is 0.378 e. The maximum absolute atomic E-state index is 6.11. The Labute approximate surface area is 153 Å². The molecule has 2 fully saturated rings. The topological polar surface area (TPSA) is 44.7 Å². The lowest BCUT2D eigenvalue weighted by molar-refractivity contribution is 0.122. The molecule has 0 saturated carbocycles. The summed E-state index contributed by atoms with van der Waals surface area (Å²) in [4.78, 5) is 16.1. The zero-order valence-corrected chi connectivity index (χ0v) is 14.9. The minimum absolute atomic E-state index is 0.742. The molecule has 7 heteroatoms. The second-order valence-corrected chi connectivity index (χ2v) is 6.70. The standard InChI is InChI=1S/C18H22ClN5O/c19-15-2-1-3-16(14-15)22-6-8-23(9-7-22)17-4-5-20-18(21-17)24-10-12-25-13-11-24/h1-5,14H,6-13H2. The molecule has 3 heterocycles. The molecule has 2 aliphatic rings. The fourth-order valence-corrected chi connectivity index (χ4v) is 3.48. The number of ether oxygens (including phenoxy) is 1. The van der Waals surface area contributed by atoms with Crippen LogP contribution in [0.25, 0.3) is 0 Å². The van der Waals surface area contributed by atoms with Crippen LogP contribution in [0, 0.1) is 0 Å². The van der Waals surface area contributed by atoms with Crippen molar-refractivity contribution >= 4 is 29.1 Å². The highest BCUT2D eigenvalue weighted by Crippen LogP contribution is 2.23. The molecule has 132 valence electrons. The van der Waals surface area contributed by atoms with Crippen molar-refractivity contribution in [3.05, 3.63) is 41.6 Å². The van der Waals surface area contributed by atoms with Crippen LogP contribution in [0.5, 0.6) is 0 Å². The highest BCUT2D eigenvalue weighted by Gasteiger charge is 2.20. The molecule has 0 bridgehead atoms. The molecule has 4 rings (SSSR count). The number of nitrogens with zero attached hydrogens (tertiary/aromatic N) is 5. The van der Waals surface area contributed by atoms with Crippen molar-refractivity contribution < 1.29 is 4.74 Å². The lowest BCUT2D eigenvalue weighted by atomic mass is 10.2. The van der Waals surface area contributed by atoms with Crippen molar-refractivity contribution in [2.24, 2.45) is 0 Å². The number of anilines is 3. The van der Waals surface area contributed by atoms with Gasteiger partial charge in [-0.25, -0.2) is 4.98 Å². The fourth-order valence-electron chi connectivity index (χ4n) is 3.30. The van der Waals surface area contributed by atoms with E-state index in [4.69, 9.17) is 21.3 Å². The van der Waals surface area contributed by atoms with Gasteiger partial charge in [-0.15, -0.1) is 0 Å². The van der Waals surface area contributed by atoms with Gasteiger partial charge in [0.1, 0.15) is 5.82 Å². The minimum atomic E-state index is 0.742. The van der Waals surface area contributed by atoms with Gasteiger partial charge in [0.2, 0.25) is 5.95 Å². The Hall–Kier alpha value is -2.05. The van der Waals surface area contributed by atoms with Crippen molar-refractivity contribution in [3.8, 4) is 0 Å². The van der Waals surface area contributed by atoms with Crippen molar-refractivity contribution in [1.29, 1.82) is 0 Å². The normalized spacial score (nSPS) is 18.5. The number of halogens is 1. The molecule has 0 atom stereocenters. The number of hydrogen-bond donors (Lipinski definition) is 0. The third-order valence-electron chi connectivity index (χ3n) is 4.70. The highest BCUT2D eigenvalue weighted by atomic mass is 35.5. The van der Waals surface area contributed by atoms with E-state index >= 15 is 0 Å². The average molecular weight is 360 g/mol. The van der Waals surface area contributed by atoms with E-state index in [2.05, 4.69) is 25.8 Å². The SMILES string of the molecule is Clc1cccc(N2CCN(c3ccnc(N4CCOCC4)n3)CC2)c1. The van der Waals surface area contributed by atoms with Gasteiger partial charge in [-0.1, -0.05) is 17.7 Å². The van der Waals surface area contributed by atoms with Crippen LogP contribution >= 0.6 is 11.6 Å². The number of piperazine rings is 1. The van der Waals surface area contributed by atoms with E-state index in [0.29, 0.717) is 0 Å². The number of benzene rings is 1. The van der Waals surface area contributed by atoms with Crippen molar-refractivity contribution in [2.45, 2.75) is 0 Å². The molecular formula is C18H22ClN5O. The molecule has 1 aromatic carbocycles. The van der Waals surface area contributed by atoms with Crippen molar-refractivity contribution in [1.82, 2.24) is 9.97 Å². The lowest BCUT2D eigenvalue weighted by Crippen LogP contribution is -2.47. The molecule has 1 aromatic heterocycles. The van der Waals surface area contributed by atoms with Gasteiger partial charge < -0.3 is 19.4 Å². The molecule has 0 unspecified atom stereocenters. The van der Waals surface area contributed by atoms with Crippen LogP contribution in [0.1, 0.15) is 0 Å². The Morgan fingerprint density at radius 2 is 1.64 bits per heavy atom. The zero-order valence-electron chi connectivity index (χ0n) is 14.1. The predicted molar refractivity (Wildman–Crippen MR) is 101 cm³/mol. The van der Waals surface area contributed by atoms with Gasteiger partial charge in [-0.2, -0.15) is 4.98 Å². The Balaban J connectivity index is 1.42. The van der Waals surface area contributed by atoms with Crippen molar-refractivity contribution in [2.75, 3.05) is 67.2 Å². The van der Waals surface area contributed by atoms with Crippen LogP contribution in [0.3, 0.4) is 0 Å². The Kier molecular flexibility index (Phi) is 4.90. The first kappa shape index (κ1) is 16.4. The van der Waals surface area contributed by atoms with Gasteiger partial charge in [-0.05, 0) is 24.3 Å². The quantitative estimate of drug-likeness (QED) is 0.838. The van der Waals surface area contributed by atoms with Gasteiger partial charge in [0.05, 0.1) is 13.2 Å². The summed E-state index contributed by atoms with van der Waals surface area (Å²) >= 11 is 6.11. The van der Waals surface area contributed by atoms with Gasteiger partial charge in [-0.3, -0.25) is 0 Å². The Bertz CT molecular complexity index is 714. The first-order valence-electron chi connectivity index (χ1n) is 8.71. The van der Waals surface area contributed by atoms with E-state index in [1.807, 2.05) is 30.5 Å². The van der Waals surface area contributed by atoms with Crippen LogP contribution in [0.2, 0.25) is 5.02 Å². The minimum Gasteiger partial charge on any atom is -0.378 e. The summed E-state index contributed by atoms with van der Waals surface area (Å²) in [5, 5.41) is 0.783. The monoisotopic (exact) mass is 359 g/mol. The zero-order chi connectivity index (χ0) is 17.1. The van der Waals surface area contributed by atoms with Crippen LogP contribution in [0.4, 0.5) is 17.5 Å². The van der Waals surface area contributed by atoms with E-state index in [0.717, 1.165) is 69.3 Å². The molecule has 2 aromatic rings. The molecular weight excluding hydrogens is 338 g/mol. The first-order valence-corrected chi connectivity index (χ1v) is 9.08. The molecule has 25 heavy (non-hydrogen) atoms. The number of aromatic nitrogens is 2. The molecule has 0 spiro atoms. The second kappa shape index (κ2) is 7.45. The highest BCUT2D eigenvalue weighted by molar-refractivity contribution is 6.30. The summed E-state index contributed by atoms with van der Waals surface area (Å²) in [7, 11) is 0. The molecule has 0 aliphatic carbocycles. The maximum atomic E-state index is 6.11. The molecule has 2 aliphatic heterocycles. The molecule has 6 nitrogen and oxygen atoms in total. The van der Waals surface area contributed by atoms with Crippen molar-refractivity contribution in [3.63, 3.8) is 0 Å². The second-order valence-electron chi connectivity index (χ2n) is 6.27. The third-order valence-corrected chi connectivity index (χ3v) is 4.93. The molecule has 0 amide bonds. The smallest absolute Gasteiger partial charge is 0.227 e. The van der Waals surface area contributed by atoms with Gasteiger partial charge in [0.15, 0.2) is 0 Å². The van der Waals surface area contributed by atoms with Gasteiger partial charge in [0, 0.05) is 56.2 Å². The number of morpholine rings is 1. The number of hydrogen-bond acceptors (Lipinski definition) is 6. The summed E-state index contributed by atoms with van der Waals surface area (Å²) < 4.78 is 5.41. The van der Waals surface area contributed by atoms with E-state index in [9.17, 15) is 0 Å². The van der Waals surface area contributed by atoms with Crippen LogP contribution in [-0.2, 0) is 4.74 Å². The lowest BCUT2D eigenvalue weighted by Gasteiger charge is -2.37. The van der Waals surface area contributed by atoms with E-state index < -0.39 is 0 Å². The van der Waals surface area contributed by atoms with Gasteiger partial charge >= 0.3 is 0 Å². The Morgan fingerprint density at radius 3 is 2.40 bits per heavy atom. The Morgan fingerprint density at radius 1 is 0.880 bits per heavy atom. The summed E-state index contributed by atoms with van der Waals surface area (Å²) in [6, 6.07) is 10.1. The first-order chi connectivity index (χ1) is 12.3. The summed E-state index contributed by atoms with van der Waals surface area (Å²) in [6.45, 7) is 6.97. The van der Waals surface area contributed by atoms with Crippen LogP contribution in [0.15, 0.2) is 36.5 Å². The van der Waals surface area contributed by atoms with Gasteiger partial charge in [0.25, 0.3) is 0 Å². The summed E-state index contributed by atoms with van der Waals surface area (Å²) in [5.41, 5.74) is 1.18. The molecule has 0 radical (unpaired) electrons.